The lowest BCUT2D eigenvalue weighted by atomic mass is 9.72. The van der Waals surface area contributed by atoms with Gasteiger partial charge in [-0.1, -0.05) is 25.1 Å². The molecule has 2 amide bonds. The molecule has 2 heterocycles. The molecule has 4 rings (SSSR count). The van der Waals surface area contributed by atoms with Crippen LogP contribution in [0.3, 0.4) is 0 Å². The van der Waals surface area contributed by atoms with E-state index < -0.39 is 29.6 Å². The quantitative estimate of drug-likeness (QED) is 0.360. The third-order valence-corrected chi connectivity index (χ3v) is 5.07. The lowest BCUT2D eigenvalue weighted by molar-refractivity contribution is -0.151. The monoisotopic (exact) mass is 351 g/mol. The van der Waals surface area contributed by atoms with Crippen LogP contribution in [0.4, 0.5) is 5.69 Å². The molecule has 0 bridgehead atoms. The molecule has 0 aromatic heterocycles. The number of ether oxygens (including phenoxy) is 2. The number of fused-ring (bicyclic) bond motifs is 3. The topological polar surface area (TPSA) is 72.9 Å². The Morgan fingerprint density at radius 3 is 2.35 bits per heavy atom. The summed E-state index contributed by atoms with van der Waals surface area (Å²) in [5.74, 6) is -2.53. The molecule has 0 saturated carbocycles. The van der Waals surface area contributed by atoms with E-state index >= 15 is 0 Å². The Balaban J connectivity index is 1.78. The second-order valence-corrected chi connectivity index (χ2v) is 6.46. The summed E-state index contributed by atoms with van der Waals surface area (Å²) in [6, 6.07) is 13.6. The maximum absolute atomic E-state index is 13.1. The van der Waals surface area contributed by atoms with Crippen LogP contribution in [-0.2, 0) is 14.4 Å². The zero-order chi connectivity index (χ0) is 18.4. The van der Waals surface area contributed by atoms with E-state index in [0.717, 1.165) is 10.5 Å². The van der Waals surface area contributed by atoms with Crippen LogP contribution in [0.5, 0.6) is 11.5 Å². The Morgan fingerprint density at radius 1 is 0.962 bits per heavy atom. The molecule has 6 heteroatoms. The minimum Gasteiger partial charge on any atom is -0.497 e. The Kier molecular flexibility index (Phi) is 3.76. The van der Waals surface area contributed by atoms with Crippen LogP contribution in [0.15, 0.2) is 48.5 Å². The van der Waals surface area contributed by atoms with Gasteiger partial charge < -0.3 is 9.47 Å². The fourth-order valence-corrected chi connectivity index (χ4v) is 3.75. The molecule has 2 aromatic rings. The van der Waals surface area contributed by atoms with E-state index in [1.807, 2.05) is 6.07 Å². The second-order valence-electron chi connectivity index (χ2n) is 6.46. The van der Waals surface area contributed by atoms with Gasteiger partial charge >= 0.3 is 5.97 Å². The largest absolute Gasteiger partial charge is 0.497 e. The van der Waals surface area contributed by atoms with Gasteiger partial charge in [-0.2, -0.15) is 0 Å². The maximum Gasteiger partial charge on any atom is 0.324 e. The molecule has 26 heavy (non-hydrogen) atoms. The van der Waals surface area contributed by atoms with Gasteiger partial charge in [0.05, 0.1) is 12.8 Å². The van der Waals surface area contributed by atoms with Crippen LogP contribution in [0.2, 0.25) is 0 Å². The van der Waals surface area contributed by atoms with Crippen molar-refractivity contribution in [2.24, 2.45) is 11.8 Å². The SMILES string of the molecule is COc1ccc(N2C(=O)[C@@H]3C(=O)Oc4ccccc4[C@H]3[C@@H](C)C2=O)cc1. The summed E-state index contributed by atoms with van der Waals surface area (Å²) < 4.78 is 10.5. The molecule has 0 N–H and O–H groups in total. The number of carbonyl (C=O) groups excluding carboxylic acids is 3. The number of esters is 1. The number of para-hydroxylation sites is 1. The summed E-state index contributed by atoms with van der Waals surface area (Å²) in [5.41, 5.74) is 1.14. The number of nitrogens with zero attached hydrogens (tertiary/aromatic N) is 1. The van der Waals surface area contributed by atoms with E-state index in [1.165, 1.54) is 7.11 Å². The summed E-state index contributed by atoms with van der Waals surface area (Å²) in [7, 11) is 1.54. The second kappa shape index (κ2) is 5.98. The third-order valence-electron chi connectivity index (χ3n) is 5.07. The normalized spacial score (nSPS) is 24.6. The highest BCUT2D eigenvalue weighted by molar-refractivity contribution is 6.23. The summed E-state index contributed by atoms with van der Waals surface area (Å²) in [6.45, 7) is 1.75. The van der Waals surface area contributed by atoms with Gasteiger partial charge in [-0.3, -0.25) is 14.4 Å². The lowest BCUT2D eigenvalue weighted by Gasteiger charge is -2.41. The maximum atomic E-state index is 13.1. The number of anilines is 1. The first kappa shape index (κ1) is 16.3. The molecule has 1 fully saturated rings. The number of piperidine rings is 1. The molecular weight excluding hydrogens is 334 g/mol. The van der Waals surface area contributed by atoms with Gasteiger partial charge in [-0.15, -0.1) is 0 Å². The highest BCUT2D eigenvalue weighted by Gasteiger charge is 2.54. The van der Waals surface area contributed by atoms with E-state index in [4.69, 9.17) is 9.47 Å². The minimum atomic E-state index is -1.03. The number of carbonyl (C=O) groups is 3. The molecule has 0 radical (unpaired) electrons. The number of hydrogen-bond acceptors (Lipinski definition) is 5. The molecule has 2 aliphatic rings. The van der Waals surface area contributed by atoms with Crippen LogP contribution >= 0.6 is 0 Å². The van der Waals surface area contributed by atoms with Crippen molar-refractivity contribution in [3.63, 3.8) is 0 Å². The highest BCUT2D eigenvalue weighted by Crippen LogP contribution is 2.46. The standard InChI is InChI=1S/C20H17NO5/c1-11-16-14-5-3-4-6-15(14)26-20(24)17(16)19(23)21(18(11)22)12-7-9-13(25-2)10-8-12/h3-11,16-17H,1-2H3/t11-,16-,17-/m1/s1. The molecule has 0 unspecified atom stereocenters. The molecule has 0 spiro atoms. The van der Waals surface area contributed by atoms with Crippen molar-refractivity contribution in [1.29, 1.82) is 0 Å². The van der Waals surface area contributed by atoms with Gasteiger partial charge in [0.1, 0.15) is 17.4 Å². The number of methoxy groups -OCH3 is 1. The summed E-state index contributed by atoms with van der Waals surface area (Å²) >= 11 is 0. The molecule has 3 atom stereocenters. The number of imide groups is 1. The zero-order valence-corrected chi connectivity index (χ0v) is 14.3. The minimum absolute atomic E-state index is 0.328. The van der Waals surface area contributed by atoms with Crippen molar-refractivity contribution < 1.29 is 23.9 Å². The Hall–Kier alpha value is -3.15. The van der Waals surface area contributed by atoms with Crippen molar-refractivity contribution in [3.8, 4) is 11.5 Å². The summed E-state index contributed by atoms with van der Waals surface area (Å²) in [5, 5.41) is 0. The van der Waals surface area contributed by atoms with Crippen LogP contribution in [-0.4, -0.2) is 24.9 Å². The van der Waals surface area contributed by atoms with Crippen molar-refractivity contribution >= 4 is 23.5 Å². The van der Waals surface area contributed by atoms with E-state index in [0.29, 0.717) is 17.2 Å². The molecule has 2 aliphatic heterocycles. The van der Waals surface area contributed by atoms with E-state index in [2.05, 4.69) is 0 Å². The van der Waals surface area contributed by atoms with Crippen molar-refractivity contribution in [1.82, 2.24) is 0 Å². The van der Waals surface area contributed by atoms with Crippen LogP contribution in [0.1, 0.15) is 18.4 Å². The van der Waals surface area contributed by atoms with Gasteiger partial charge in [0, 0.05) is 17.4 Å². The van der Waals surface area contributed by atoms with Gasteiger partial charge in [0.25, 0.3) is 0 Å². The van der Waals surface area contributed by atoms with Crippen LogP contribution < -0.4 is 14.4 Å². The molecular formula is C20H17NO5. The molecule has 0 aliphatic carbocycles. The van der Waals surface area contributed by atoms with E-state index in [-0.39, 0.29) is 5.91 Å². The van der Waals surface area contributed by atoms with E-state index in [1.54, 1.807) is 49.4 Å². The molecule has 6 nitrogen and oxygen atoms in total. The summed E-state index contributed by atoms with van der Waals surface area (Å²) in [6.07, 6.45) is 0. The van der Waals surface area contributed by atoms with Crippen molar-refractivity contribution in [2.45, 2.75) is 12.8 Å². The number of amides is 2. The fraction of sp³-hybridized carbons (Fsp3) is 0.250. The van der Waals surface area contributed by atoms with E-state index in [9.17, 15) is 14.4 Å². The first-order valence-corrected chi connectivity index (χ1v) is 8.35. The first-order chi connectivity index (χ1) is 12.5. The van der Waals surface area contributed by atoms with Gasteiger partial charge in [-0.25, -0.2) is 4.90 Å². The average Bonchev–Trinajstić information content (AvgIpc) is 2.66. The smallest absolute Gasteiger partial charge is 0.324 e. The lowest BCUT2D eigenvalue weighted by Crippen LogP contribution is -2.57. The molecule has 2 aromatic carbocycles. The number of hydrogen-bond donors (Lipinski definition) is 0. The number of benzene rings is 2. The number of rotatable bonds is 2. The molecule has 1 saturated heterocycles. The Morgan fingerprint density at radius 2 is 1.65 bits per heavy atom. The Labute approximate surface area is 150 Å². The predicted octanol–water partition coefficient (Wildman–Crippen LogP) is 2.52. The average molecular weight is 351 g/mol. The fourth-order valence-electron chi connectivity index (χ4n) is 3.75. The van der Waals surface area contributed by atoms with Gasteiger partial charge in [0.15, 0.2) is 0 Å². The molecule has 132 valence electrons. The predicted molar refractivity (Wildman–Crippen MR) is 93.0 cm³/mol. The van der Waals surface area contributed by atoms with Crippen molar-refractivity contribution in [2.75, 3.05) is 12.0 Å². The van der Waals surface area contributed by atoms with Crippen LogP contribution in [0.25, 0.3) is 0 Å². The highest BCUT2D eigenvalue weighted by atomic mass is 16.5. The first-order valence-electron chi connectivity index (χ1n) is 8.35. The third kappa shape index (κ3) is 2.29. The van der Waals surface area contributed by atoms with Crippen LogP contribution in [0, 0.1) is 11.8 Å². The van der Waals surface area contributed by atoms with Gasteiger partial charge in [0.2, 0.25) is 11.8 Å². The van der Waals surface area contributed by atoms with Gasteiger partial charge in [-0.05, 0) is 30.3 Å². The Bertz CT molecular complexity index is 905. The zero-order valence-electron chi connectivity index (χ0n) is 14.3. The van der Waals surface area contributed by atoms with Crippen molar-refractivity contribution in [3.05, 3.63) is 54.1 Å². The summed E-state index contributed by atoms with van der Waals surface area (Å²) in [4.78, 5) is 39.7.